The van der Waals surface area contributed by atoms with E-state index in [-0.39, 0.29) is 0 Å². The summed E-state index contributed by atoms with van der Waals surface area (Å²) in [6.45, 7) is 8.93. The van der Waals surface area contributed by atoms with Gasteiger partial charge in [-0.25, -0.2) is 4.98 Å². The summed E-state index contributed by atoms with van der Waals surface area (Å²) in [4.78, 5) is 8.97. The fourth-order valence-corrected chi connectivity index (χ4v) is 3.03. The van der Waals surface area contributed by atoms with Crippen LogP contribution in [0.4, 0.5) is 5.82 Å². The zero-order chi connectivity index (χ0) is 16.5. The predicted molar refractivity (Wildman–Crippen MR) is 88.9 cm³/mol. The molecular weight excluding hydrogens is 306 g/mol. The molecule has 0 amide bonds. The smallest absolute Gasteiger partial charge is 0.256 e. The van der Waals surface area contributed by atoms with E-state index in [9.17, 15) is 0 Å². The largest absolute Gasteiger partial charge is 0.361 e. The molecule has 0 unspecified atom stereocenters. The number of anilines is 1. The van der Waals surface area contributed by atoms with Gasteiger partial charge in [0.25, 0.3) is 5.78 Å². The van der Waals surface area contributed by atoms with Crippen LogP contribution in [-0.4, -0.2) is 55.8 Å². The van der Waals surface area contributed by atoms with Crippen LogP contribution in [-0.2, 0) is 6.54 Å². The molecule has 3 aromatic heterocycles. The fourth-order valence-electron chi connectivity index (χ4n) is 3.03. The van der Waals surface area contributed by atoms with Crippen molar-refractivity contribution in [2.75, 3.05) is 31.1 Å². The molecule has 8 heteroatoms. The summed E-state index contributed by atoms with van der Waals surface area (Å²) in [5, 5.41) is 12.1. The number of fused-ring (bicyclic) bond motifs is 1. The lowest BCUT2D eigenvalue weighted by Crippen LogP contribution is -2.46. The van der Waals surface area contributed by atoms with Gasteiger partial charge in [-0.15, -0.1) is 10.2 Å². The van der Waals surface area contributed by atoms with Crippen LogP contribution in [0, 0.1) is 0 Å². The maximum atomic E-state index is 5.39. The molecular formula is C16H21N7O. The lowest BCUT2D eigenvalue weighted by atomic mass is 10.1. The Kier molecular flexibility index (Phi) is 3.89. The number of hydrogen-bond acceptors (Lipinski definition) is 7. The minimum atomic E-state index is 0.376. The summed E-state index contributed by atoms with van der Waals surface area (Å²) in [6.07, 6.45) is 3.50. The van der Waals surface area contributed by atoms with Crippen LogP contribution >= 0.6 is 0 Å². The average Bonchev–Trinajstić information content (AvgIpc) is 3.24. The molecule has 4 heterocycles. The third-order valence-electron chi connectivity index (χ3n) is 4.42. The highest BCUT2D eigenvalue weighted by Gasteiger charge is 2.20. The van der Waals surface area contributed by atoms with Crippen molar-refractivity contribution in [1.29, 1.82) is 0 Å². The zero-order valence-electron chi connectivity index (χ0n) is 14.0. The van der Waals surface area contributed by atoms with E-state index in [1.807, 2.05) is 10.5 Å². The molecule has 3 aromatic rings. The van der Waals surface area contributed by atoms with Crippen molar-refractivity contribution < 1.29 is 4.52 Å². The van der Waals surface area contributed by atoms with Gasteiger partial charge in [0.1, 0.15) is 17.9 Å². The van der Waals surface area contributed by atoms with E-state index >= 15 is 0 Å². The standard InChI is InChI=1S/C16H21N7O/c1-12(2)14-9-13(20-24-14)10-21-5-7-22(8-6-21)15-3-4-17-16-19-18-11-23(15)16/h3-4,9,11-12H,5-8,10H2,1-2H3. The van der Waals surface area contributed by atoms with Crippen LogP contribution in [0.3, 0.4) is 0 Å². The van der Waals surface area contributed by atoms with Crippen molar-refractivity contribution >= 4 is 11.6 Å². The summed E-state index contributed by atoms with van der Waals surface area (Å²) in [5.74, 6) is 3.06. The Balaban J connectivity index is 1.40. The van der Waals surface area contributed by atoms with E-state index < -0.39 is 0 Å². The Morgan fingerprint density at radius 1 is 1.21 bits per heavy atom. The SMILES string of the molecule is CC(C)c1cc(CN2CCN(c3ccnc4nncn34)CC2)no1. The van der Waals surface area contributed by atoms with E-state index in [1.165, 1.54) is 0 Å². The first-order chi connectivity index (χ1) is 11.7. The first-order valence-corrected chi connectivity index (χ1v) is 8.28. The predicted octanol–water partition coefficient (Wildman–Crippen LogP) is 1.56. The van der Waals surface area contributed by atoms with Crippen molar-refractivity contribution in [3.8, 4) is 0 Å². The maximum Gasteiger partial charge on any atom is 0.256 e. The fraction of sp³-hybridized carbons (Fsp3) is 0.500. The van der Waals surface area contributed by atoms with E-state index in [1.54, 1.807) is 12.5 Å². The maximum absolute atomic E-state index is 5.39. The quantitative estimate of drug-likeness (QED) is 0.719. The number of hydrogen-bond donors (Lipinski definition) is 0. The summed E-state index contributed by atoms with van der Waals surface area (Å²) in [6, 6.07) is 4.08. The molecule has 0 atom stereocenters. The Morgan fingerprint density at radius 2 is 2.04 bits per heavy atom. The van der Waals surface area contributed by atoms with Crippen LogP contribution in [0.1, 0.15) is 31.2 Å². The summed E-state index contributed by atoms with van der Waals surface area (Å²) in [5.41, 5.74) is 1.01. The van der Waals surface area contributed by atoms with Gasteiger partial charge in [0, 0.05) is 50.9 Å². The first-order valence-electron chi connectivity index (χ1n) is 8.28. The number of rotatable bonds is 4. The van der Waals surface area contributed by atoms with Crippen LogP contribution in [0.25, 0.3) is 5.78 Å². The molecule has 0 aromatic carbocycles. The molecule has 24 heavy (non-hydrogen) atoms. The first kappa shape index (κ1) is 15.1. The Bertz CT molecular complexity index is 817. The molecule has 1 saturated heterocycles. The number of piperazine rings is 1. The van der Waals surface area contributed by atoms with Crippen molar-refractivity contribution in [2.24, 2.45) is 0 Å². The highest BCUT2D eigenvalue weighted by atomic mass is 16.5. The molecule has 0 N–H and O–H groups in total. The molecule has 8 nitrogen and oxygen atoms in total. The minimum Gasteiger partial charge on any atom is -0.361 e. The number of nitrogens with zero attached hydrogens (tertiary/aromatic N) is 7. The summed E-state index contributed by atoms with van der Waals surface area (Å²) < 4.78 is 7.32. The average molecular weight is 327 g/mol. The van der Waals surface area contributed by atoms with E-state index in [4.69, 9.17) is 4.52 Å². The van der Waals surface area contributed by atoms with Crippen molar-refractivity contribution in [2.45, 2.75) is 26.3 Å². The van der Waals surface area contributed by atoms with Gasteiger partial charge in [0.15, 0.2) is 0 Å². The van der Waals surface area contributed by atoms with Crippen LogP contribution in [0.5, 0.6) is 0 Å². The zero-order valence-corrected chi connectivity index (χ0v) is 14.0. The van der Waals surface area contributed by atoms with Gasteiger partial charge < -0.3 is 9.42 Å². The highest BCUT2D eigenvalue weighted by Crippen LogP contribution is 2.19. The second-order valence-electron chi connectivity index (χ2n) is 6.44. The molecule has 1 aliphatic rings. The second kappa shape index (κ2) is 6.20. The lowest BCUT2D eigenvalue weighted by molar-refractivity contribution is 0.240. The van der Waals surface area contributed by atoms with Gasteiger partial charge in [0.2, 0.25) is 0 Å². The van der Waals surface area contributed by atoms with Crippen molar-refractivity contribution in [3.05, 3.63) is 36.1 Å². The Hall–Kier alpha value is -2.48. The molecule has 0 aliphatic carbocycles. The van der Waals surface area contributed by atoms with E-state index in [2.05, 4.69) is 50.1 Å². The van der Waals surface area contributed by atoms with E-state index in [0.717, 1.165) is 50.0 Å². The van der Waals surface area contributed by atoms with Crippen molar-refractivity contribution in [3.63, 3.8) is 0 Å². The highest BCUT2D eigenvalue weighted by molar-refractivity contribution is 5.46. The Morgan fingerprint density at radius 3 is 2.79 bits per heavy atom. The molecule has 0 bridgehead atoms. The molecule has 0 saturated carbocycles. The third kappa shape index (κ3) is 2.84. The monoisotopic (exact) mass is 327 g/mol. The Labute approximate surface area is 140 Å². The normalized spacial score (nSPS) is 16.4. The second-order valence-corrected chi connectivity index (χ2v) is 6.44. The lowest BCUT2D eigenvalue weighted by Gasteiger charge is -2.35. The summed E-state index contributed by atoms with van der Waals surface area (Å²) >= 11 is 0. The van der Waals surface area contributed by atoms with Crippen molar-refractivity contribution in [1.82, 2.24) is 29.6 Å². The number of aromatic nitrogens is 5. The molecule has 0 radical (unpaired) electrons. The minimum absolute atomic E-state index is 0.376. The van der Waals surface area contributed by atoms with Gasteiger partial charge in [-0.1, -0.05) is 19.0 Å². The van der Waals surface area contributed by atoms with Gasteiger partial charge in [0.05, 0.1) is 5.69 Å². The molecule has 126 valence electrons. The molecule has 0 spiro atoms. The van der Waals surface area contributed by atoms with E-state index in [0.29, 0.717) is 11.7 Å². The van der Waals surface area contributed by atoms with Crippen LogP contribution < -0.4 is 4.90 Å². The van der Waals surface area contributed by atoms with Gasteiger partial charge in [-0.05, 0) is 6.07 Å². The van der Waals surface area contributed by atoms with Crippen LogP contribution in [0.2, 0.25) is 0 Å². The topological polar surface area (TPSA) is 75.6 Å². The molecule has 1 fully saturated rings. The van der Waals surface area contributed by atoms with Gasteiger partial charge >= 0.3 is 0 Å². The van der Waals surface area contributed by atoms with Gasteiger partial charge in [-0.3, -0.25) is 9.30 Å². The summed E-state index contributed by atoms with van der Waals surface area (Å²) in [7, 11) is 0. The molecule has 1 aliphatic heterocycles. The third-order valence-corrected chi connectivity index (χ3v) is 4.42. The molecule has 4 rings (SSSR count). The van der Waals surface area contributed by atoms with Gasteiger partial charge in [-0.2, -0.15) is 0 Å². The van der Waals surface area contributed by atoms with Crippen LogP contribution in [0.15, 0.2) is 29.2 Å².